The summed E-state index contributed by atoms with van der Waals surface area (Å²) in [6, 6.07) is 9.60. The van der Waals surface area contributed by atoms with E-state index in [0.29, 0.717) is 24.2 Å². The highest BCUT2D eigenvalue weighted by atomic mass is 16.5. The molecule has 0 radical (unpaired) electrons. The predicted molar refractivity (Wildman–Crippen MR) is 102 cm³/mol. The van der Waals surface area contributed by atoms with Crippen molar-refractivity contribution in [1.82, 2.24) is 9.55 Å². The quantitative estimate of drug-likeness (QED) is 0.416. The van der Waals surface area contributed by atoms with E-state index >= 15 is 0 Å². The number of rotatable bonds is 1. The Morgan fingerprint density at radius 1 is 1.30 bits per heavy atom. The molecule has 136 valence electrons. The Labute approximate surface area is 155 Å². The second-order valence-corrected chi connectivity index (χ2v) is 7.48. The van der Waals surface area contributed by atoms with Crippen LogP contribution in [0.5, 0.6) is 0 Å². The molecule has 2 aliphatic rings. The Morgan fingerprint density at radius 3 is 2.89 bits per heavy atom. The molecule has 0 bridgehead atoms. The highest BCUT2D eigenvalue weighted by Gasteiger charge is 2.43. The lowest BCUT2D eigenvalue weighted by Crippen LogP contribution is -2.42. The molecule has 6 heteroatoms. The predicted octanol–water partition coefficient (Wildman–Crippen LogP) is 2.73. The lowest BCUT2D eigenvalue weighted by molar-refractivity contribution is -0.153. The maximum atomic E-state index is 13.2. The van der Waals surface area contributed by atoms with Crippen LogP contribution < -0.4 is 11.3 Å². The summed E-state index contributed by atoms with van der Waals surface area (Å²) in [5, 5.41) is 0.888. The Balaban J connectivity index is 1.81. The fourth-order valence-electron chi connectivity index (χ4n) is 4.19. The third-order valence-corrected chi connectivity index (χ3v) is 6.04. The van der Waals surface area contributed by atoms with Crippen molar-refractivity contribution in [1.29, 1.82) is 0 Å². The first-order chi connectivity index (χ1) is 12.9. The lowest BCUT2D eigenvalue weighted by Gasteiger charge is -2.33. The number of carbonyl (C=O) groups is 1. The third kappa shape index (κ3) is 1.98. The molecule has 1 atom stereocenters. The number of nitrogens with two attached hydrogens (primary N) is 1. The van der Waals surface area contributed by atoms with Crippen molar-refractivity contribution in [2.75, 3.05) is 5.73 Å². The minimum absolute atomic E-state index is 0.0293. The minimum Gasteiger partial charge on any atom is -0.460 e. The van der Waals surface area contributed by atoms with Crippen LogP contribution in [0.4, 0.5) is 5.69 Å². The lowest BCUT2D eigenvalue weighted by atomic mass is 9.76. The molecule has 27 heavy (non-hydrogen) atoms. The number of hydrogen-bond acceptors (Lipinski definition) is 5. The number of ether oxygens (including phenoxy) is 1. The fraction of sp³-hybridized carbons (Fsp3) is 0.286. The van der Waals surface area contributed by atoms with Crippen molar-refractivity contribution in [3.8, 4) is 11.4 Å². The van der Waals surface area contributed by atoms with Crippen LogP contribution in [-0.2, 0) is 28.1 Å². The Morgan fingerprint density at radius 2 is 2.11 bits per heavy atom. The van der Waals surface area contributed by atoms with Crippen LogP contribution >= 0.6 is 0 Å². The molecule has 0 unspecified atom stereocenters. The number of esters is 1. The van der Waals surface area contributed by atoms with E-state index in [-0.39, 0.29) is 18.1 Å². The van der Waals surface area contributed by atoms with Gasteiger partial charge in [0.15, 0.2) is 0 Å². The van der Waals surface area contributed by atoms with Gasteiger partial charge >= 0.3 is 5.97 Å². The van der Waals surface area contributed by atoms with Gasteiger partial charge in [-0.2, -0.15) is 0 Å². The topological polar surface area (TPSA) is 87.2 Å². The van der Waals surface area contributed by atoms with Gasteiger partial charge in [-0.15, -0.1) is 0 Å². The van der Waals surface area contributed by atoms with E-state index in [1.807, 2.05) is 44.2 Å². The molecule has 6 nitrogen and oxygen atoms in total. The molecule has 0 spiro atoms. The smallest absolute Gasteiger partial charge is 0.316 e. The van der Waals surface area contributed by atoms with E-state index in [1.165, 1.54) is 0 Å². The number of nitrogen functional groups attached to an aromatic ring is 1. The van der Waals surface area contributed by atoms with E-state index in [2.05, 4.69) is 0 Å². The number of cyclic esters (lactones) is 1. The van der Waals surface area contributed by atoms with Crippen LogP contribution in [0.25, 0.3) is 22.3 Å². The molecular formula is C21H19N3O3. The Hall–Kier alpha value is -3.15. The molecule has 0 amide bonds. The molecule has 0 fully saturated rings. The van der Waals surface area contributed by atoms with Gasteiger partial charge in [-0.3, -0.25) is 9.59 Å². The van der Waals surface area contributed by atoms with E-state index in [1.54, 1.807) is 4.57 Å². The van der Waals surface area contributed by atoms with E-state index < -0.39 is 5.41 Å². The van der Waals surface area contributed by atoms with Crippen molar-refractivity contribution in [3.05, 3.63) is 57.4 Å². The summed E-state index contributed by atoms with van der Waals surface area (Å²) in [6.45, 7) is 4.25. The van der Waals surface area contributed by atoms with E-state index in [0.717, 1.165) is 33.4 Å². The SMILES string of the molecule is CC[C@@]1(C)C(=O)OCc2c1cc1n(c2=O)Cc2cc3c(N)cccc3nc2-1. The van der Waals surface area contributed by atoms with Crippen LogP contribution in [-0.4, -0.2) is 15.5 Å². The summed E-state index contributed by atoms with van der Waals surface area (Å²) >= 11 is 0. The van der Waals surface area contributed by atoms with Crippen LogP contribution in [0.15, 0.2) is 35.1 Å². The van der Waals surface area contributed by atoms with Crippen LogP contribution in [0, 0.1) is 0 Å². The summed E-state index contributed by atoms with van der Waals surface area (Å²) in [6.07, 6.45) is 0.566. The molecule has 0 saturated heterocycles. The minimum atomic E-state index is -0.813. The standard InChI is InChI=1S/C21H19N3O3/c1-3-21(2)14-8-17-18-11(7-12-15(22)5-4-6-16(12)23-18)9-24(17)19(25)13(14)10-27-20(21)26/h4-8H,3,9-10,22H2,1-2H3/t21-/m1/s1. The molecule has 0 saturated carbocycles. The van der Waals surface area contributed by atoms with Gasteiger partial charge in [-0.25, -0.2) is 4.98 Å². The number of anilines is 1. The number of aromatic nitrogens is 2. The highest BCUT2D eigenvalue weighted by Crippen LogP contribution is 2.39. The van der Waals surface area contributed by atoms with Crippen molar-refractivity contribution >= 4 is 22.6 Å². The van der Waals surface area contributed by atoms with Gasteiger partial charge < -0.3 is 15.0 Å². The second-order valence-electron chi connectivity index (χ2n) is 7.48. The number of hydrogen-bond donors (Lipinski definition) is 1. The van der Waals surface area contributed by atoms with Crippen LogP contribution in [0.2, 0.25) is 0 Å². The molecule has 0 aliphatic carbocycles. The number of pyridine rings is 2. The fourth-order valence-corrected chi connectivity index (χ4v) is 4.19. The van der Waals surface area contributed by atoms with Crippen molar-refractivity contribution in [2.24, 2.45) is 0 Å². The maximum absolute atomic E-state index is 13.2. The summed E-state index contributed by atoms with van der Waals surface area (Å²) in [7, 11) is 0. The second kappa shape index (κ2) is 5.19. The molecule has 2 aromatic heterocycles. The molecule has 2 N–H and O–H groups in total. The normalized spacial score (nSPS) is 20.1. The average molecular weight is 361 g/mol. The largest absolute Gasteiger partial charge is 0.460 e. The molecular weight excluding hydrogens is 342 g/mol. The molecule has 2 aliphatic heterocycles. The number of benzene rings is 1. The molecule has 3 aromatic rings. The molecule has 5 rings (SSSR count). The van der Waals surface area contributed by atoms with Crippen LogP contribution in [0.1, 0.15) is 37.0 Å². The number of carbonyl (C=O) groups excluding carboxylic acids is 1. The van der Waals surface area contributed by atoms with Gasteiger partial charge in [0, 0.05) is 16.6 Å². The van der Waals surface area contributed by atoms with Crippen LogP contribution in [0.3, 0.4) is 0 Å². The van der Waals surface area contributed by atoms with Gasteiger partial charge in [0.1, 0.15) is 6.61 Å². The average Bonchev–Trinajstić information content (AvgIpc) is 3.02. The van der Waals surface area contributed by atoms with E-state index in [4.69, 9.17) is 15.5 Å². The van der Waals surface area contributed by atoms with E-state index in [9.17, 15) is 9.59 Å². The van der Waals surface area contributed by atoms with Gasteiger partial charge in [-0.1, -0.05) is 13.0 Å². The maximum Gasteiger partial charge on any atom is 0.316 e. The zero-order valence-electron chi connectivity index (χ0n) is 15.2. The molecule has 4 heterocycles. The Kier molecular flexibility index (Phi) is 3.09. The van der Waals surface area contributed by atoms with Crippen molar-refractivity contribution in [2.45, 2.75) is 38.8 Å². The first kappa shape index (κ1) is 16.1. The van der Waals surface area contributed by atoms with Gasteiger partial charge in [0.05, 0.1) is 34.4 Å². The zero-order chi connectivity index (χ0) is 18.9. The van der Waals surface area contributed by atoms with Crippen molar-refractivity contribution in [3.63, 3.8) is 0 Å². The number of fused-ring (bicyclic) bond motifs is 5. The number of nitrogens with zero attached hydrogens (tertiary/aromatic N) is 2. The summed E-state index contributed by atoms with van der Waals surface area (Å²) < 4.78 is 7.05. The first-order valence-corrected chi connectivity index (χ1v) is 9.07. The Bertz CT molecular complexity index is 1210. The van der Waals surface area contributed by atoms with Crippen molar-refractivity contribution < 1.29 is 9.53 Å². The summed E-state index contributed by atoms with van der Waals surface area (Å²) in [5.41, 5.74) is 10.5. The van der Waals surface area contributed by atoms with Gasteiger partial charge in [-0.05, 0) is 43.2 Å². The highest BCUT2D eigenvalue weighted by molar-refractivity contribution is 5.93. The summed E-state index contributed by atoms with van der Waals surface area (Å²) in [4.78, 5) is 30.4. The van der Waals surface area contributed by atoms with Gasteiger partial charge in [0.25, 0.3) is 5.56 Å². The zero-order valence-corrected chi connectivity index (χ0v) is 15.2. The van der Waals surface area contributed by atoms with Gasteiger partial charge in [0.2, 0.25) is 0 Å². The summed E-state index contributed by atoms with van der Waals surface area (Å²) in [5.74, 6) is -0.278. The molecule has 1 aromatic carbocycles. The monoisotopic (exact) mass is 361 g/mol. The first-order valence-electron chi connectivity index (χ1n) is 9.07. The third-order valence-electron chi connectivity index (χ3n) is 6.04.